The van der Waals surface area contributed by atoms with Gasteiger partial charge in [0.15, 0.2) is 0 Å². The summed E-state index contributed by atoms with van der Waals surface area (Å²) in [5.41, 5.74) is 0.895. The first-order valence-corrected chi connectivity index (χ1v) is 9.65. The van der Waals surface area contributed by atoms with E-state index in [0.717, 1.165) is 6.07 Å². The van der Waals surface area contributed by atoms with E-state index < -0.39 is 16.7 Å². The average molecular weight is 440 g/mol. The summed E-state index contributed by atoms with van der Waals surface area (Å²) in [6, 6.07) is 16.9. The van der Waals surface area contributed by atoms with Gasteiger partial charge in [0.25, 0.3) is 17.5 Å². The molecule has 0 bridgehead atoms. The van der Waals surface area contributed by atoms with Crippen molar-refractivity contribution in [1.29, 1.82) is 0 Å². The summed E-state index contributed by atoms with van der Waals surface area (Å²) in [6.07, 6.45) is 0. The molecule has 0 saturated carbocycles. The molecule has 0 aliphatic heterocycles. The number of nitro groups is 1. The van der Waals surface area contributed by atoms with Gasteiger partial charge in [0.2, 0.25) is 0 Å². The first-order chi connectivity index (χ1) is 14.9. The number of para-hydroxylation sites is 1. The molecule has 0 heterocycles. The highest BCUT2D eigenvalue weighted by Crippen LogP contribution is 2.25. The van der Waals surface area contributed by atoms with Gasteiger partial charge in [-0.15, -0.1) is 0 Å². The van der Waals surface area contributed by atoms with Crippen molar-refractivity contribution < 1.29 is 19.2 Å². The number of halogens is 1. The van der Waals surface area contributed by atoms with Gasteiger partial charge in [-0.05, 0) is 49.4 Å². The third-order valence-electron chi connectivity index (χ3n) is 4.25. The number of benzene rings is 3. The molecule has 158 valence electrons. The molecule has 0 unspecified atom stereocenters. The van der Waals surface area contributed by atoms with Crippen LogP contribution < -0.4 is 15.4 Å². The van der Waals surface area contributed by atoms with Crippen LogP contribution >= 0.6 is 11.6 Å². The van der Waals surface area contributed by atoms with E-state index >= 15 is 0 Å². The lowest BCUT2D eigenvalue weighted by atomic mass is 10.1. The summed E-state index contributed by atoms with van der Waals surface area (Å²) in [4.78, 5) is 35.6. The van der Waals surface area contributed by atoms with Crippen molar-refractivity contribution in [2.24, 2.45) is 0 Å². The van der Waals surface area contributed by atoms with Gasteiger partial charge in [0.05, 0.1) is 33.4 Å². The zero-order valence-corrected chi connectivity index (χ0v) is 17.2. The van der Waals surface area contributed by atoms with Gasteiger partial charge in [0, 0.05) is 17.8 Å². The Morgan fingerprint density at radius 1 is 0.968 bits per heavy atom. The number of nitro benzene ring substituents is 1. The number of nitrogens with one attached hydrogen (secondary N) is 2. The molecule has 3 aromatic carbocycles. The van der Waals surface area contributed by atoms with Crippen LogP contribution in [-0.4, -0.2) is 23.3 Å². The first-order valence-electron chi connectivity index (χ1n) is 9.27. The van der Waals surface area contributed by atoms with Gasteiger partial charge in [0.1, 0.15) is 5.75 Å². The zero-order chi connectivity index (χ0) is 22.4. The molecule has 3 rings (SSSR count). The van der Waals surface area contributed by atoms with Crippen LogP contribution in [0.1, 0.15) is 27.6 Å². The molecule has 3 aromatic rings. The van der Waals surface area contributed by atoms with E-state index in [1.54, 1.807) is 48.5 Å². The highest BCUT2D eigenvalue weighted by atomic mass is 35.5. The molecule has 0 aliphatic carbocycles. The highest BCUT2D eigenvalue weighted by molar-refractivity contribution is 6.34. The molecule has 2 amide bonds. The predicted octanol–water partition coefficient (Wildman–Crippen LogP) is 5.15. The molecule has 9 heteroatoms. The molecular formula is C22H18ClN3O5. The van der Waals surface area contributed by atoms with Crippen molar-refractivity contribution in [3.05, 3.63) is 93.0 Å². The molecular weight excluding hydrogens is 422 g/mol. The predicted molar refractivity (Wildman–Crippen MR) is 118 cm³/mol. The number of carbonyl (C=O) groups excluding carboxylic acids is 2. The standard InChI is InChI=1S/C22H18ClN3O5/c1-2-31-16-10-7-14(8-11-16)24-22(28)18-5-3-4-6-20(18)25-21(27)17-12-9-15(26(29)30)13-19(17)23/h3-13H,2H2,1H3,(H,24,28)(H,25,27). The van der Waals surface area contributed by atoms with Gasteiger partial charge in [-0.3, -0.25) is 19.7 Å². The Hall–Kier alpha value is -3.91. The molecule has 0 spiro atoms. The Kier molecular flexibility index (Phi) is 6.84. The lowest BCUT2D eigenvalue weighted by molar-refractivity contribution is -0.384. The number of rotatable bonds is 7. The number of nitrogens with zero attached hydrogens (tertiary/aromatic N) is 1. The van der Waals surface area contributed by atoms with Crippen molar-refractivity contribution in [1.82, 2.24) is 0 Å². The third-order valence-corrected chi connectivity index (χ3v) is 4.56. The first kappa shape index (κ1) is 21.8. The van der Waals surface area contributed by atoms with E-state index in [0.29, 0.717) is 18.0 Å². The molecule has 0 saturated heterocycles. The zero-order valence-electron chi connectivity index (χ0n) is 16.4. The third kappa shape index (κ3) is 5.37. The molecule has 8 nitrogen and oxygen atoms in total. The normalized spacial score (nSPS) is 10.3. The van der Waals surface area contributed by atoms with E-state index in [1.807, 2.05) is 6.92 Å². The SMILES string of the molecule is CCOc1ccc(NC(=O)c2ccccc2NC(=O)c2ccc([N+](=O)[O-])cc2Cl)cc1. The number of ether oxygens (including phenoxy) is 1. The Balaban J connectivity index is 1.77. The van der Waals surface area contributed by atoms with Crippen molar-refractivity contribution in [3.63, 3.8) is 0 Å². The summed E-state index contributed by atoms with van der Waals surface area (Å²) in [5, 5.41) is 16.2. The second-order valence-electron chi connectivity index (χ2n) is 6.33. The second kappa shape index (κ2) is 9.73. The lowest BCUT2D eigenvalue weighted by Gasteiger charge is -2.12. The Bertz CT molecular complexity index is 1130. The fraction of sp³-hybridized carbons (Fsp3) is 0.0909. The second-order valence-corrected chi connectivity index (χ2v) is 6.74. The minimum Gasteiger partial charge on any atom is -0.494 e. The number of hydrogen-bond donors (Lipinski definition) is 2. The monoisotopic (exact) mass is 439 g/mol. The van der Waals surface area contributed by atoms with E-state index in [9.17, 15) is 19.7 Å². The smallest absolute Gasteiger partial charge is 0.270 e. The molecule has 0 aromatic heterocycles. The van der Waals surface area contributed by atoms with E-state index in [1.165, 1.54) is 12.1 Å². The minimum absolute atomic E-state index is 0.0500. The van der Waals surface area contributed by atoms with E-state index in [2.05, 4.69) is 10.6 Å². The number of hydrogen-bond acceptors (Lipinski definition) is 5. The topological polar surface area (TPSA) is 111 Å². The van der Waals surface area contributed by atoms with Crippen LogP contribution in [0, 0.1) is 10.1 Å². The van der Waals surface area contributed by atoms with Crippen LogP contribution in [0.3, 0.4) is 0 Å². The van der Waals surface area contributed by atoms with Crippen molar-refractivity contribution in [3.8, 4) is 5.75 Å². The summed E-state index contributed by atoms with van der Waals surface area (Å²) >= 11 is 6.02. The Morgan fingerprint density at radius 3 is 2.29 bits per heavy atom. The quantitative estimate of drug-likeness (QED) is 0.390. The van der Waals surface area contributed by atoms with Gasteiger partial charge in [-0.1, -0.05) is 23.7 Å². The molecule has 0 aliphatic rings. The van der Waals surface area contributed by atoms with Crippen LogP contribution in [0.15, 0.2) is 66.7 Å². The average Bonchev–Trinajstić information content (AvgIpc) is 2.75. The van der Waals surface area contributed by atoms with Gasteiger partial charge < -0.3 is 15.4 Å². The Labute approximate surface area is 182 Å². The van der Waals surface area contributed by atoms with Crippen molar-refractivity contribution >= 4 is 40.5 Å². The summed E-state index contributed by atoms with van der Waals surface area (Å²) in [7, 11) is 0. The maximum absolute atomic E-state index is 12.8. The molecule has 31 heavy (non-hydrogen) atoms. The van der Waals surface area contributed by atoms with Gasteiger partial charge in [-0.25, -0.2) is 0 Å². The molecule has 0 radical (unpaired) electrons. The number of non-ortho nitro benzene ring substituents is 1. The lowest BCUT2D eigenvalue weighted by Crippen LogP contribution is -2.18. The van der Waals surface area contributed by atoms with E-state index in [4.69, 9.17) is 16.3 Å². The van der Waals surface area contributed by atoms with Crippen molar-refractivity contribution in [2.75, 3.05) is 17.2 Å². The summed E-state index contributed by atoms with van der Waals surface area (Å²) in [5.74, 6) is -0.329. The largest absolute Gasteiger partial charge is 0.494 e. The highest BCUT2D eigenvalue weighted by Gasteiger charge is 2.18. The number of anilines is 2. The Morgan fingerprint density at radius 2 is 1.65 bits per heavy atom. The molecule has 0 fully saturated rings. The number of carbonyl (C=O) groups is 2. The van der Waals surface area contributed by atoms with Crippen molar-refractivity contribution in [2.45, 2.75) is 6.92 Å². The van der Waals surface area contributed by atoms with E-state index in [-0.39, 0.29) is 27.5 Å². The maximum Gasteiger partial charge on any atom is 0.270 e. The van der Waals surface area contributed by atoms with Gasteiger partial charge >= 0.3 is 0 Å². The molecule has 2 N–H and O–H groups in total. The van der Waals surface area contributed by atoms with Crippen LogP contribution in [0.25, 0.3) is 0 Å². The van der Waals surface area contributed by atoms with Gasteiger partial charge in [-0.2, -0.15) is 0 Å². The van der Waals surface area contributed by atoms with Crippen LogP contribution in [0.2, 0.25) is 5.02 Å². The maximum atomic E-state index is 12.8. The van der Waals surface area contributed by atoms with Crippen LogP contribution in [0.4, 0.5) is 17.1 Å². The van der Waals surface area contributed by atoms with Crippen LogP contribution in [0.5, 0.6) is 5.75 Å². The summed E-state index contributed by atoms with van der Waals surface area (Å²) < 4.78 is 5.38. The fourth-order valence-electron chi connectivity index (χ4n) is 2.78. The summed E-state index contributed by atoms with van der Waals surface area (Å²) in [6.45, 7) is 2.42. The minimum atomic E-state index is -0.603. The van der Waals surface area contributed by atoms with Crippen LogP contribution in [-0.2, 0) is 0 Å². The number of amides is 2. The molecule has 0 atom stereocenters. The fourth-order valence-corrected chi connectivity index (χ4v) is 3.04.